The molecule has 0 bridgehead atoms. The number of nitrogens with two attached hydrogens (primary N) is 1. The molecule has 0 amide bonds. The Morgan fingerprint density at radius 2 is 1.88 bits per heavy atom. The molecule has 1 fully saturated rings. The molecular weight excluding hydrogens is 202 g/mol. The fourth-order valence-electron chi connectivity index (χ4n) is 2.15. The maximum absolute atomic E-state index is 10.2. The van der Waals surface area contributed by atoms with Crippen LogP contribution >= 0.6 is 0 Å². The summed E-state index contributed by atoms with van der Waals surface area (Å²) in [4.78, 5) is 0. The zero-order valence-electron chi connectivity index (χ0n) is 9.43. The third-order valence-corrected chi connectivity index (χ3v) is 3.27. The first-order chi connectivity index (χ1) is 7.81. The Morgan fingerprint density at radius 3 is 2.44 bits per heavy atom. The fraction of sp³-hybridized carbons (Fsp3) is 0.538. The highest BCUT2D eigenvalue weighted by Crippen LogP contribution is 2.29. The van der Waals surface area contributed by atoms with Crippen LogP contribution in [0.3, 0.4) is 0 Å². The molecule has 88 valence electrons. The molecule has 1 aromatic carbocycles. The van der Waals surface area contributed by atoms with Crippen LogP contribution in [0.5, 0.6) is 0 Å². The molecule has 1 aliphatic rings. The van der Waals surface area contributed by atoms with Gasteiger partial charge in [0.15, 0.2) is 0 Å². The minimum Gasteiger partial charge on any atom is -0.388 e. The van der Waals surface area contributed by atoms with Crippen molar-refractivity contribution >= 4 is 0 Å². The predicted molar refractivity (Wildman–Crippen MR) is 62.8 cm³/mol. The number of benzene rings is 1. The van der Waals surface area contributed by atoms with Crippen LogP contribution in [-0.2, 0) is 11.3 Å². The standard InChI is InChI=1S/C13H19NO2/c14-9-10-1-3-11(4-2-10)13(15)12-5-7-16-8-6-12/h1-4,12-13,15H,5-9,14H2. The second-order valence-electron chi connectivity index (χ2n) is 4.34. The maximum atomic E-state index is 10.2. The van der Waals surface area contributed by atoms with Gasteiger partial charge in [-0.15, -0.1) is 0 Å². The summed E-state index contributed by atoms with van der Waals surface area (Å²) >= 11 is 0. The number of ether oxygens (including phenoxy) is 1. The highest BCUT2D eigenvalue weighted by molar-refractivity contribution is 5.24. The smallest absolute Gasteiger partial charge is 0.0819 e. The molecule has 0 aromatic heterocycles. The van der Waals surface area contributed by atoms with Crippen LogP contribution in [0.25, 0.3) is 0 Å². The van der Waals surface area contributed by atoms with E-state index in [1.165, 1.54) is 0 Å². The Hall–Kier alpha value is -0.900. The van der Waals surface area contributed by atoms with Crippen LogP contribution in [0, 0.1) is 5.92 Å². The molecule has 0 aliphatic carbocycles. The van der Waals surface area contributed by atoms with E-state index in [1.807, 2.05) is 24.3 Å². The summed E-state index contributed by atoms with van der Waals surface area (Å²) in [7, 11) is 0. The van der Waals surface area contributed by atoms with Gasteiger partial charge in [0.1, 0.15) is 0 Å². The molecule has 1 atom stereocenters. The minimum atomic E-state index is -0.365. The zero-order chi connectivity index (χ0) is 11.4. The average molecular weight is 221 g/mol. The summed E-state index contributed by atoms with van der Waals surface area (Å²) in [6.07, 6.45) is 1.52. The molecule has 0 saturated carbocycles. The molecule has 1 unspecified atom stereocenters. The van der Waals surface area contributed by atoms with Gasteiger partial charge in [-0.3, -0.25) is 0 Å². The van der Waals surface area contributed by atoms with Gasteiger partial charge in [-0.2, -0.15) is 0 Å². The Kier molecular flexibility index (Phi) is 3.93. The molecule has 1 heterocycles. The van der Waals surface area contributed by atoms with Crippen molar-refractivity contribution in [3.8, 4) is 0 Å². The van der Waals surface area contributed by atoms with E-state index in [4.69, 9.17) is 10.5 Å². The van der Waals surface area contributed by atoms with Gasteiger partial charge in [0.05, 0.1) is 6.10 Å². The summed E-state index contributed by atoms with van der Waals surface area (Å²) < 4.78 is 5.29. The van der Waals surface area contributed by atoms with Crippen LogP contribution in [-0.4, -0.2) is 18.3 Å². The second kappa shape index (κ2) is 5.43. The largest absolute Gasteiger partial charge is 0.388 e. The van der Waals surface area contributed by atoms with E-state index in [-0.39, 0.29) is 6.10 Å². The van der Waals surface area contributed by atoms with Gasteiger partial charge in [0.2, 0.25) is 0 Å². The number of rotatable bonds is 3. The van der Waals surface area contributed by atoms with E-state index in [1.54, 1.807) is 0 Å². The highest BCUT2D eigenvalue weighted by Gasteiger charge is 2.23. The third kappa shape index (κ3) is 2.61. The Bertz CT molecular complexity index is 317. The lowest BCUT2D eigenvalue weighted by molar-refractivity contribution is 0.00718. The molecule has 0 spiro atoms. The molecule has 0 radical (unpaired) electrons. The number of hydrogen-bond acceptors (Lipinski definition) is 3. The SMILES string of the molecule is NCc1ccc(C(O)C2CCOCC2)cc1. The minimum absolute atomic E-state index is 0.331. The van der Waals surface area contributed by atoms with E-state index in [0.29, 0.717) is 12.5 Å². The van der Waals surface area contributed by atoms with E-state index in [9.17, 15) is 5.11 Å². The normalized spacial score (nSPS) is 19.6. The van der Waals surface area contributed by atoms with Gasteiger partial charge in [-0.05, 0) is 29.9 Å². The van der Waals surface area contributed by atoms with Gasteiger partial charge < -0.3 is 15.6 Å². The van der Waals surface area contributed by atoms with Gasteiger partial charge >= 0.3 is 0 Å². The quantitative estimate of drug-likeness (QED) is 0.815. The number of aliphatic hydroxyl groups is 1. The molecule has 3 nitrogen and oxygen atoms in total. The van der Waals surface area contributed by atoms with Crippen LogP contribution in [0.1, 0.15) is 30.1 Å². The van der Waals surface area contributed by atoms with E-state index >= 15 is 0 Å². The first-order valence-corrected chi connectivity index (χ1v) is 5.86. The van der Waals surface area contributed by atoms with Crippen molar-refractivity contribution in [2.24, 2.45) is 11.7 Å². The Balaban J connectivity index is 2.04. The topological polar surface area (TPSA) is 55.5 Å². The second-order valence-corrected chi connectivity index (χ2v) is 4.34. The van der Waals surface area contributed by atoms with Crippen molar-refractivity contribution in [2.75, 3.05) is 13.2 Å². The maximum Gasteiger partial charge on any atom is 0.0819 e. The lowest BCUT2D eigenvalue weighted by Crippen LogP contribution is -2.21. The van der Waals surface area contributed by atoms with Crippen LogP contribution < -0.4 is 5.73 Å². The van der Waals surface area contributed by atoms with Gasteiger partial charge in [-0.25, -0.2) is 0 Å². The van der Waals surface area contributed by atoms with E-state index in [0.717, 1.165) is 37.2 Å². The summed E-state index contributed by atoms with van der Waals surface area (Å²) in [6.45, 7) is 2.08. The molecule has 1 aromatic rings. The van der Waals surface area contributed by atoms with E-state index in [2.05, 4.69) is 0 Å². The van der Waals surface area contributed by atoms with Crippen LogP contribution in [0.15, 0.2) is 24.3 Å². The zero-order valence-corrected chi connectivity index (χ0v) is 9.43. The molecule has 1 saturated heterocycles. The van der Waals surface area contributed by atoms with Crippen molar-refractivity contribution in [1.82, 2.24) is 0 Å². The Morgan fingerprint density at radius 1 is 1.25 bits per heavy atom. The lowest BCUT2D eigenvalue weighted by atomic mass is 9.89. The van der Waals surface area contributed by atoms with Crippen molar-refractivity contribution in [3.63, 3.8) is 0 Å². The molecular formula is C13H19NO2. The number of aliphatic hydroxyl groups excluding tert-OH is 1. The first kappa shape index (κ1) is 11.6. The monoisotopic (exact) mass is 221 g/mol. The van der Waals surface area contributed by atoms with Gasteiger partial charge in [0, 0.05) is 19.8 Å². The number of hydrogen-bond donors (Lipinski definition) is 2. The summed E-state index contributed by atoms with van der Waals surface area (Å²) in [5, 5.41) is 10.2. The summed E-state index contributed by atoms with van der Waals surface area (Å²) in [5.74, 6) is 0.331. The van der Waals surface area contributed by atoms with Crippen molar-refractivity contribution in [1.29, 1.82) is 0 Å². The molecule has 2 rings (SSSR count). The van der Waals surface area contributed by atoms with E-state index < -0.39 is 0 Å². The van der Waals surface area contributed by atoms with Gasteiger partial charge in [-0.1, -0.05) is 24.3 Å². The van der Waals surface area contributed by atoms with Crippen molar-refractivity contribution in [2.45, 2.75) is 25.5 Å². The molecule has 1 aliphatic heterocycles. The van der Waals surface area contributed by atoms with Gasteiger partial charge in [0.25, 0.3) is 0 Å². The van der Waals surface area contributed by atoms with Crippen molar-refractivity contribution in [3.05, 3.63) is 35.4 Å². The first-order valence-electron chi connectivity index (χ1n) is 5.86. The fourth-order valence-corrected chi connectivity index (χ4v) is 2.15. The van der Waals surface area contributed by atoms with Crippen molar-refractivity contribution < 1.29 is 9.84 Å². The third-order valence-electron chi connectivity index (χ3n) is 3.27. The Labute approximate surface area is 96.2 Å². The molecule has 3 heteroatoms. The lowest BCUT2D eigenvalue weighted by Gasteiger charge is -2.27. The molecule has 16 heavy (non-hydrogen) atoms. The summed E-state index contributed by atoms with van der Waals surface area (Å²) in [5.41, 5.74) is 7.63. The average Bonchev–Trinajstić information content (AvgIpc) is 2.39. The van der Waals surface area contributed by atoms with Crippen LogP contribution in [0.4, 0.5) is 0 Å². The molecule has 3 N–H and O–H groups in total. The summed E-state index contributed by atoms with van der Waals surface area (Å²) in [6, 6.07) is 7.92. The predicted octanol–water partition coefficient (Wildman–Crippen LogP) is 1.61. The van der Waals surface area contributed by atoms with Crippen LogP contribution in [0.2, 0.25) is 0 Å². The highest BCUT2D eigenvalue weighted by atomic mass is 16.5.